The quantitative estimate of drug-likeness (QED) is 0.321. The van der Waals surface area contributed by atoms with Gasteiger partial charge in [-0.15, -0.1) is 24.0 Å². The Morgan fingerprint density at radius 3 is 2.28 bits per heavy atom. The van der Waals surface area contributed by atoms with Crippen molar-refractivity contribution >= 4 is 29.9 Å². The number of nitrogens with zero attached hydrogens (tertiary/aromatic N) is 4. The molecule has 1 aromatic heterocycles. The standard InChI is InChI=1S/C22H36N6.HI/c1-16(2)12-18-8-10-19(11-9-18)17(3)26-22(23-4)24-14-21(27(5)6)20-13-25-28(7)15-20;/h8-11,13,15-17,21H,12,14H2,1-7H3,(H2,23,24,26);1H. The maximum atomic E-state index is 4.40. The van der Waals surface area contributed by atoms with E-state index < -0.39 is 0 Å². The minimum atomic E-state index is 0. The monoisotopic (exact) mass is 512 g/mol. The van der Waals surface area contributed by atoms with E-state index in [1.807, 2.05) is 25.0 Å². The maximum absolute atomic E-state index is 4.40. The summed E-state index contributed by atoms with van der Waals surface area (Å²) in [7, 11) is 7.91. The summed E-state index contributed by atoms with van der Waals surface area (Å²) in [6.45, 7) is 7.41. The highest BCUT2D eigenvalue weighted by molar-refractivity contribution is 14.0. The number of nitrogens with one attached hydrogen (secondary N) is 2. The van der Waals surface area contributed by atoms with E-state index in [4.69, 9.17) is 0 Å². The lowest BCUT2D eigenvalue weighted by molar-refractivity contribution is 0.298. The molecule has 2 atom stereocenters. The first kappa shape index (κ1) is 25.4. The summed E-state index contributed by atoms with van der Waals surface area (Å²) in [4.78, 5) is 6.58. The third-order valence-corrected chi connectivity index (χ3v) is 4.90. The molecular formula is C22H37IN6. The lowest BCUT2D eigenvalue weighted by Gasteiger charge is -2.25. The van der Waals surface area contributed by atoms with Crippen molar-refractivity contribution in [1.29, 1.82) is 0 Å². The van der Waals surface area contributed by atoms with Crippen LogP contribution in [0.5, 0.6) is 0 Å². The second-order valence-corrected chi connectivity index (χ2v) is 8.09. The number of aromatic nitrogens is 2. The summed E-state index contributed by atoms with van der Waals surface area (Å²) in [5.74, 6) is 1.48. The molecular weight excluding hydrogens is 475 g/mol. The van der Waals surface area contributed by atoms with Crippen LogP contribution in [0.4, 0.5) is 0 Å². The fraction of sp³-hybridized carbons (Fsp3) is 0.545. The molecule has 2 unspecified atom stereocenters. The number of likely N-dealkylation sites (N-methyl/N-ethyl adjacent to an activating group) is 1. The topological polar surface area (TPSA) is 57.5 Å². The molecule has 0 bridgehead atoms. The van der Waals surface area contributed by atoms with Gasteiger partial charge in [-0.1, -0.05) is 38.1 Å². The maximum Gasteiger partial charge on any atom is 0.191 e. The van der Waals surface area contributed by atoms with E-state index in [0.29, 0.717) is 5.92 Å². The van der Waals surface area contributed by atoms with Crippen molar-refractivity contribution in [3.05, 3.63) is 53.3 Å². The Labute approximate surface area is 193 Å². The van der Waals surface area contributed by atoms with Crippen molar-refractivity contribution in [2.75, 3.05) is 27.7 Å². The predicted molar refractivity (Wildman–Crippen MR) is 133 cm³/mol. The molecule has 0 aliphatic carbocycles. The highest BCUT2D eigenvalue weighted by Gasteiger charge is 2.17. The molecule has 0 fully saturated rings. The van der Waals surface area contributed by atoms with E-state index in [2.05, 4.69) is 91.0 Å². The second kappa shape index (κ2) is 12.2. The fourth-order valence-electron chi connectivity index (χ4n) is 3.30. The molecule has 0 saturated carbocycles. The predicted octanol–water partition coefficient (Wildman–Crippen LogP) is 3.77. The normalized spacial score (nSPS) is 13.9. The van der Waals surface area contributed by atoms with Gasteiger partial charge in [-0.25, -0.2) is 0 Å². The van der Waals surface area contributed by atoms with E-state index >= 15 is 0 Å². The summed E-state index contributed by atoms with van der Waals surface area (Å²) in [6.07, 6.45) is 5.10. The SMILES string of the molecule is CN=C(NCC(c1cnn(C)c1)N(C)C)NC(C)c1ccc(CC(C)C)cc1.I. The van der Waals surface area contributed by atoms with Crippen LogP contribution in [0.25, 0.3) is 0 Å². The number of aryl methyl sites for hydroxylation is 1. The Kier molecular flexibility index (Phi) is 10.7. The van der Waals surface area contributed by atoms with E-state index in [1.54, 1.807) is 0 Å². The number of hydrogen-bond donors (Lipinski definition) is 2. The van der Waals surface area contributed by atoms with Crippen molar-refractivity contribution in [3.63, 3.8) is 0 Å². The number of hydrogen-bond acceptors (Lipinski definition) is 3. The molecule has 0 spiro atoms. The Bertz CT molecular complexity index is 751. The lowest BCUT2D eigenvalue weighted by Crippen LogP contribution is -2.42. The highest BCUT2D eigenvalue weighted by Crippen LogP contribution is 2.17. The molecule has 0 saturated heterocycles. The van der Waals surface area contributed by atoms with Gasteiger partial charge in [0.1, 0.15) is 0 Å². The first-order valence-corrected chi connectivity index (χ1v) is 10.0. The van der Waals surface area contributed by atoms with Crippen molar-refractivity contribution in [2.24, 2.45) is 18.0 Å². The van der Waals surface area contributed by atoms with Crippen molar-refractivity contribution < 1.29 is 0 Å². The summed E-state index contributed by atoms with van der Waals surface area (Å²) < 4.78 is 1.84. The molecule has 7 heteroatoms. The van der Waals surface area contributed by atoms with E-state index in [0.717, 1.165) is 18.9 Å². The molecule has 6 nitrogen and oxygen atoms in total. The zero-order valence-corrected chi connectivity index (χ0v) is 21.1. The number of rotatable bonds is 8. The minimum absolute atomic E-state index is 0. The first-order valence-electron chi connectivity index (χ1n) is 10.0. The molecule has 29 heavy (non-hydrogen) atoms. The van der Waals surface area contributed by atoms with Crippen LogP contribution in [-0.4, -0.2) is 48.3 Å². The van der Waals surface area contributed by atoms with Crippen molar-refractivity contribution in [3.8, 4) is 0 Å². The highest BCUT2D eigenvalue weighted by atomic mass is 127. The Hall–Kier alpha value is -1.61. The summed E-state index contributed by atoms with van der Waals surface area (Å²) in [5, 5.41) is 11.2. The molecule has 162 valence electrons. The zero-order chi connectivity index (χ0) is 20.7. The van der Waals surface area contributed by atoms with E-state index in [1.165, 1.54) is 16.7 Å². The fourth-order valence-corrected chi connectivity index (χ4v) is 3.30. The Morgan fingerprint density at radius 1 is 1.14 bits per heavy atom. The van der Waals surface area contributed by atoms with Gasteiger partial charge in [0, 0.05) is 32.4 Å². The molecule has 0 aliphatic heterocycles. The van der Waals surface area contributed by atoms with E-state index in [-0.39, 0.29) is 36.1 Å². The Morgan fingerprint density at radius 2 is 1.79 bits per heavy atom. The Balaban J connectivity index is 0.00000420. The molecule has 0 radical (unpaired) electrons. The van der Waals surface area contributed by atoms with Crippen LogP contribution >= 0.6 is 24.0 Å². The van der Waals surface area contributed by atoms with E-state index in [9.17, 15) is 0 Å². The van der Waals surface area contributed by atoms with Gasteiger partial charge in [0.15, 0.2) is 5.96 Å². The molecule has 2 aromatic rings. The van der Waals surface area contributed by atoms with Gasteiger partial charge in [0.25, 0.3) is 0 Å². The smallest absolute Gasteiger partial charge is 0.191 e. The van der Waals surface area contributed by atoms with Crippen LogP contribution in [0.15, 0.2) is 41.7 Å². The van der Waals surface area contributed by atoms with Gasteiger partial charge in [0.05, 0.1) is 18.3 Å². The molecule has 2 N–H and O–H groups in total. The molecule has 1 aromatic carbocycles. The molecule has 0 amide bonds. The number of aliphatic imine (C=N–C) groups is 1. The zero-order valence-electron chi connectivity index (χ0n) is 18.8. The summed E-state index contributed by atoms with van der Waals surface area (Å²) >= 11 is 0. The van der Waals surface area contributed by atoms with Gasteiger partial charge in [-0.05, 0) is 44.5 Å². The van der Waals surface area contributed by atoms with Crippen LogP contribution in [0, 0.1) is 5.92 Å². The molecule has 2 rings (SSSR count). The lowest BCUT2D eigenvalue weighted by atomic mass is 10.00. The van der Waals surface area contributed by atoms with Crippen molar-refractivity contribution in [2.45, 2.75) is 39.3 Å². The molecule has 1 heterocycles. The van der Waals surface area contributed by atoms with Crippen LogP contribution < -0.4 is 10.6 Å². The number of halogens is 1. The first-order chi connectivity index (χ1) is 13.3. The number of guanidine groups is 1. The van der Waals surface area contributed by atoms with Crippen LogP contribution in [0.2, 0.25) is 0 Å². The van der Waals surface area contributed by atoms with Crippen LogP contribution in [-0.2, 0) is 13.5 Å². The van der Waals surface area contributed by atoms with Crippen LogP contribution in [0.1, 0.15) is 49.5 Å². The van der Waals surface area contributed by atoms with Gasteiger partial charge in [0.2, 0.25) is 0 Å². The average Bonchev–Trinajstić information content (AvgIpc) is 3.06. The summed E-state index contributed by atoms with van der Waals surface area (Å²) in [5.41, 5.74) is 3.83. The average molecular weight is 512 g/mol. The van der Waals surface area contributed by atoms with Gasteiger partial charge < -0.3 is 15.5 Å². The largest absolute Gasteiger partial charge is 0.354 e. The van der Waals surface area contributed by atoms with Crippen molar-refractivity contribution in [1.82, 2.24) is 25.3 Å². The molecule has 0 aliphatic rings. The second-order valence-electron chi connectivity index (χ2n) is 8.09. The minimum Gasteiger partial charge on any atom is -0.354 e. The summed E-state index contributed by atoms with van der Waals surface area (Å²) in [6, 6.07) is 9.28. The third kappa shape index (κ3) is 7.97. The third-order valence-electron chi connectivity index (χ3n) is 4.90. The van der Waals surface area contributed by atoms with Gasteiger partial charge in [-0.3, -0.25) is 9.67 Å². The van der Waals surface area contributed by atoms with Crippen LogP contribution in [0.3, 0.4) is 0 Å². The number of benzene rings is 1. The van der Waals surface area contributed by atoms with Gasteiger partial charge in [-0.2, -0.15) is 5.10 Å². The van der Waals surface area contributed by atoms with Gasteiger partial charge >= 0.3 is 0 Å².